The molecule has 0 bridgehead atoms. The standard InChI is InChI=1S/C12H16BrN3O2/c1-8-4-3-5-9(11(8)13)12(17)16(2)7-6-10(14)15-18/h3-5,18H,6-7H2,1-2H3,(H2,14,15). The maximum Gasteiger partial charge on any atom is 0.254 e. The van der Waals surface area contributed by atoms with Gasteiger partial charge in [-0.1, -0.05) is 17.3 Å². The molecule has 3 N–H and O–H groups in total. The minimum atomic E-state index is -0.101. The molecular formula is C12H16BrN3O2. The van der Waals surface area contributed by atoms with Gasteiger partial charge in [0.1, 0.15) is 5.84 Å². The SMILES string of the molecule is Cc1cccc(C(=O)N(C)CC/C(N)=N/O)c1Br. The number of amides is 1. The minimum absolute atomic E-state index is 0.101. The number of rotatable bonds is 4. The number of oxime groups is 1. The predicted molar refractivity (Wildman–Crippen MR) is 73.9 cm³/mol. The van der Waals surface area contributed by atoms with Gasteiger partial charge in [0.2, 0.25) is 0 Å². The number of aryl methyl sites for hydroxylation is 1. The number of nitrogens with two attached hydrogens (primary N) is 1. The third-order valence-corrected chi connectivity index (χ3v) is 3.65. The Balaban J connectivity index is 2.78. The van der Waals surface area contributed by atoms with Gasteiger partial charge >= 0.3 is 0 Å². The molecule has 5 nitrogen and oxygen atoms in total. The zero-order valence-electron chi connectivity index (χ0n) is 10.4. The fraction of sp³-hybridized carbons (Fsp3) is 0.333. The van der Waals surface area contributed by atoms with Crippen LogP contribution in [0.1, 0.15) is 22.3 Å². The van der Waals surface area contributed by atoms with E-state index in [9.17, 15) is 4.79 Å². The van der Waals surface area contributed by atoms with Crippen LogP contribution in [-0.4, -0.2) is 35.4 Å². The number of amidine groups is 1. The van der Waals surface area contributed by atoms with Crippen LogP contribution in [0.15, 0.2) is 27.8 Å². The van der Waals surface area contributed by atoms with Gasteiger partial charge in [0, 0.05) is 24.5 Å². The second-order valence-electron chi connectivity index (χ2n) is 4.00. The van der Waals surface area contributed by atoms with Crippen LogP contribution >= 0.6 is 15.9 Å². The summed E-state index contributed by atoms with van der Waals surface area (Å²) in [7, 11) is 1.68. The fourth-order valence-corrected chi connectivity index (χ4v) is 1.89. The Labute approximate surface area is 114 Å². The van der Waals surface area contributed by atoms with Gasteiger partial charge in [-0.15, -0.1) is 0 Å². The molecule has 0 saturated carbocycles. The maximum absolute atomic E-state index is 12.2. The van der Waals surface area contributed by atoms with Gasteiger partial charge in [-0.25, -0.2) is 0 Å². The van der Waals surface area contributed by atoms with Crippen molar-refractivity contribution in [1.29, 1.82) is 0 Å². The first-order valence-corrected chi connectivity index (χ1v) is 6.23. The Morgan fingerprint density at radius 2 is 2.22 bits per heavy atom. The monoisotopic (exact) mass is 313 g/mol. The van der Waals surface area contributed by atoms with Crippen LogP contribution in [0.25, 0.3) is 0 Å². The van der Waals surface area contributed by atoms with E-state index in [2.05, 4.69) is 21.1 Å². The smallest absolute Gasteiger partial charge is 0.254 e. The molecule has 1 aromatic rings. The van der Waals surface area contributed by atoms with Crippen molar-refractivity contribution in [1.82, 2.24) is 4.90 Å². The van der Waals surface area contributed by atoms with E-state index < -0.39 is 0 Å². The highest BCUT2D eigenvalue weighted by atomic mass is 79.9. The van der Waals surface area contributed by atoms with Gasteiger partial charge < -0.3 is 15.8 Å². The Hall–Kier alpha value is -1.56. The van der Waals surface area contributed by atoms with E-state index in [1.807, 2.05) is 19.1 Å². The number of benzene rings is 1. The molecule has 0 aromatic heterocycles. The molecule has 0 saturated heterocycles. The first kappa shape index (κ1) is 14.5. The number of hydrogen-bond donors (Lipinski definition) is 2. The van der Waals surface area contributed by atoms with Crippen molar-refractivity contribution in [3.8, 4) is 0 Å². The molecule has 1 amide bonds. The molecule has 0 heterocycles. The fourth-order valence-electron chi connectivity index (χ4n) is 1.45. The zero-order chi connectivity index (χ0) is 13.7. The van der Waals surface area contributed by atoms with Gasteiger partial charge in [0.15, 0.2) is 0 Å². The molecule has 18 heavy (non-hydrogen) atoms. The van der Waals surface area contributed by atoms with Gasteiger partial charge in [-0.2, -0.15) is 0 Å². The Bertz CT molecular complexity index is 474. The molecule has 6 heteroatoms. The number of hydrogen-bond acceptors (Lipinski definition) is 3. The van der Waals surface area contributed by atoms with E-state index in [1.165, 1.54) is 4.90 Å². The predicted octanol–water partition coefficient (Wildman–Crippen LogP) is 1.97. The Morgan fingerprint density at radius 1 is 1.56 bits per heavy atom. The molecule has 0 spiro atoms. The topological polar surface area (TPSA) is 78.9 Å². The highest BCUT2D eigenvalue weighted by Gasteiger charge is 2.15. The summed E-state index contributed by atoms with van der Waals surface area (Å²) in [5.41, 5.74) is 6.98. The van der Waals surface area contributed by atoms with Crippen LogP contribution in [0.4, 0.5) is 0 Å². The number of halogens is 1. The van der Waals surface area contributed by atoms with Crippen LogP contribution in [0.2, 0.25) is 0 Å². The summed E-state index contributed by atoms with van der Waals surface area (Å²) < 4.78 is 0.797. The van der Waals surface area contributed by atoms with Crippen molar-refractivity contribution < 1.29 is 10.0 Å². The van der Waals surface area contributed by atoms with Gasteiger partial charge in [-0.3, -0.25) is 4.79 Å². The second-order valence-corrected chi connectivity index (χ2v) is 4.80. The third-order valence-electron chi connectivity index (χ3n) is 2.60. The van der Waals surface area contributed by atoms with Crippen molar-refractivity contribution in [3.05, 3.63) is 33.8 Å². The molecule has 1 rings (SSSR count). The van der Waals surface area contributed by atoms with Crippen molar-refractivity contribution in [2.45, 2.75) is 13.3 Å². The summed E-state index contributed by atoms with van der Waals surface area (Å²) in [4.78, 5) is 13.7. The minimum Gasteiger partial charge on any atom is -0.409 e. The van der Waals surface area contributed by atoms with Crippen LogP contribution in [-0.2, 0) is 0 Å². The first-order chi connectivity index (χ1) is 8.47. The third kappa shape index (κ3) is 3.46. The number of nitrogens with zero attached hydrogens (tertiary/aromatic N) is 2. The second kappa shape index (κ2) is 6.39. The van der Waals surface area contributed by atoms with Crippen LogP contribution in [0.5, 0.6) is 0 Å². The summed E-state index contributed by atoms with van der Waals surface area (Å²) >= 11 is 3.41. The number of carbonyl (C=O) groups is 1. The van der Waals surface area contributed by atoms with E-state index in [0.29, 0.717) is 18.5 Å². The molecule has 0 aliphatic heterocycles. The summed E-state index contributed by atoms with van der Waals surface area (Å²) in [5.74, 6) is 0.00859. The van der Waals surface area contributed by atoms with Crippen molar-refractivity contribution >= 4 is 27.7 Å². The lowest BCUT2D eigenvalue weighted by Crippen LogP contribution is -2.30. The quantitative estimate of drug-likeness (QED) is 0.386. The number of carbonyl (C=O) groups excluding carboxylic acids is 1. The van der Waals surface area contributed by atoms with Crippen molar-refractivity contribution in [2.24, 2.45) is 10.9 Å². The zero-order valence-corrected chi connectivity index (χ0v) is 11.9. The average Bonchev–Trinajstić information content (AvgIpc) is 2.37. The van der Waals surface area contributed by atoms with Crippen LogP contribution in [0, 0.1) is 6.92 Å². The Morgan fingerprint density at radius 3 is 2.83 bits per heavy atom. The highest BCUT2D eigenvalue weighted by Crippen LogP contribution is 2.22. The summed E-state index contributed by atoms with van der Waals surface area (Å²) in [6, 6.07) is 5.53. The van der Waals surface area contributed by atoms with E-state index in [-0.39, 0.29) is 11.7 Å². The van der Waals surface area contributed by atoms with E-state index in [4.69, 9.17) is 10.9 Å². The highest BCUT2D eigenvalue weighted by molar-refractivity contribution is 9.10. The van der Waals surface area contributed by atoms with Gasteiger partial charge in [0.05, 0.1) is 5.56 Å². The molecule has 0 unspecified atom stereocenters. The molecule has 0 atom stereocenters. The van der Waals surface area contributed by atoms with Crippen LogP contribution < -0.4 is 5.73 Å². The van der Waals surface area contributed by atoms with Crippen molar-refractivity contribution in [2.75, 3.05) is 13.6 Å². The van der Waals surface area contributed by atoms with E-state index in [0.717, 1.165) is 10.0 Å². The molecule has 0 fully saturated rings. The van der Waals surface area contributed by atoms with E-state index in [1.54, 1.807) is 13.1 Å². The van der Waals surface area contributed by atoms with Crippen molar-refractivity contribution in [3.63, 3.8) is 0 Å². The summed E-state index contributed by atoms with van der Waals surface area (Å²) in [5, 5.41) is 11.3. The normalized spacial score (nSPS) is 11.4. The molecule has 0 aliphatic rings. The molecule has 0 radical (unpaired) electrons. The molecule has 0 aliphatic carbocycles. The van der Waals surface area contributed by atoms with Gasteiger partial charge in [0.25, 0.3) is 5.91 Å². The molecule has 1 aromatic carbocycles. The average molecular weight is 314 g/mol. The largest absolute Gasteiger partial charge is 0.409 e. The molecular weight excluding hydrogens is 298 g/mol. The lowest BCUT2D eigenvalue weighted by Gasteiger charge is -2.18. The lowest BCUT2D eigenvalue weighted by molar-refractivity contribution is 0.0797. The maximum atomic E-state index is 12.2. The Kier molecular flexibility index (Phi) is 5.15. The van der Waals surface area contributed by atoms with E-state index >= 15 is 0 Å². The van der Waals surface area contributed by atoms with Gasteiger partial charge in [-0.05, 0) is 34.5 Å². The van der Waals surface area contributed by atoms with Crippen LogP contribution in [0.3, 0.4) is 0 Å². The summed E-state index contributed by atoms with van der Waals surface area (Å²) in [6.45, 7) is 2.33. The first-order valence-electron chi connectivity index (χ1n) is 5.44. The molecule has 98 valence electrons. The summed E-state index contributed by atoms with van der Waals surface area (Å²) in [6.07, 6.45) is 0.335. The lowest BCUT2D eigenvalue weighted by atomic mass is 10.1.